The lowest BCUT2D eigenvalue weighted by Crippen LogP contribution is -2.43. The van der Waals surface area contributed by atoms with Gasteiger partial charge in [-0.3, -0.25) is 0 Å². The fourth-order valence-corrected chi connectivity index (χ4v) is 3.25. The Labute approximate surface area is 91.0 Å². The number of likely N-dealkylation sites (tertiary alicyclic amines) is 1. The van der Waals surface area contributed by atoms with Crippen LogP contribution in [-0.4, -0.2) is 43.8 Å². The summed E-state index contributed by atoms with van der Waals surface area (Å²) in [5.41, 5.74) is 0.322. The van der Waals surface area contributed by atoms with Crippen molar-refractivity contribution in [2.45, 2.75) is 32.2 Å². The summed E-state index contributed by atoms with van der Waals surface area (Å²) in [6.07, 6.45) is 3.18. The zero-order chi connectivity index (χ0) is 10.9. The van der Waals surface area contributed by atoms with Crippen LogP contribution >= 0.6 is 0 Å². The van der Waals surface area contributed by atoms with Gasteiger partial charge in [-0.2, -0.15) is 0 Å². The molecule has 0 aromatic rings. The minimum Gasteiger partial charge on any atom is -0.453 e. The first-order chi connectivity index (χ1) is 7.23. The second kappa shape index (κ2) is 4.00. The van der Waals surface area contributed by atoms with E-state index in [1.165, 1.54) is 13.5 Å². The first-order valence-electron chi connectivity index (χ1n) is 5.79. The molecule has 2 saturated heterocycles. The summed E-state index contributed by atoms with van der Waals surface area (Å²) in [6.45, 7) is 5.16. The van der Waals surface area contributed by atoms with Crippen LogP contribution in [-0.2, 0) is 4.74 Å². The molecule has 2 unspecified atom stereocenters. The van der Waals surface area contributed by atoms with E-state index < -0.39 is 0 Å². The van der Waals surface area contributed by atoms with Crippen molar-refractivity contribution in [3.8, 4) is 0 Å². The fraction of sp³-hybridized carbons (Fsp3) is 0.909. The van der Waals surface area contributed by atoms with Gasteiger partial charge in [0.2, 0.25) is 0 Å². The second-order valence-corrected chi connectivity index (χ2v) is 4.63. The zero-order valence-corrected chi connectivity index (χ0v) is 9.58. The monoisotopic (exact) mass is 212 g/mol. The average molecular weight is 212 g/mol. The molecule has 2 fully saturated rings. The van der Waals surface area contributed by atoms with Gasteiger partial charge in [-0.25, -0.2) is 4.79 Å². The molecule has 4 nitrogen and oxygen atoms in total. The Balaban J connectivity index is 2.14. The van der Waals surface area contributed by atoms with Gasteiger partial charge in [0, 0.05) is 24.5 Å². The van der Waals surface area contributed by atoms with E-state index >= 15 is 0 Å². The molecule has 2 aliphatic rings. The average Bonchev–Trinajstić information content (AvgIpc) is 2.86. The number of carbonyl (C=O) groups is 1. The number of amides is 1. The molecule has 0 aromatic carbocycles. The van der Waals surface area contributed by atoms with Crippen molar-refractivity contribution in [1.29, 1.82) is 0 Å². The molecule has 86 valence electrons. The molecular formula is C11H20N2O2. The summed E-state index contributed by atoms with van der Waals surface area (Å²) in [5, 5.41) is 3.42. The second-order valence-electron chi connectivity index (χ2n) is 4.63. The minimum atomic E-state index is -0.161. The van der Waals surface area contributed by atoms with Gasteiger partial charge in [-0.1, -0.05) is 6.92 Å². The van der Waals surface area contributed by atoms with E-state index in [0.29, 0.717) is 11.5 Å². The molecule has 0 radical (unpaired) electrons. The number of ether oxygens (including phenoxy) is 1. The van der Waals surface area contributed by atoms with Crippen LogP contribution in [0.3, 0.4) is 0 Å². The smallest absolute Gasteiger partial charge is 0.409 e. The molecule has 0 saturated carbocycles. The van der Waals surface area contributed by atoms with E-state index in [2.05, 4.69) is 12.2 Å². The predicted molar refractivity (Wildman–Crippen MR) is 57.7 cm³/mol. The molecule has 2 atom stereocenters. The molecule has 2 heterocycles. The van der Waals surface area contributed by atoms with Crippen molar-refractivity contribution in [3.63, 3.8) is 0 Å². The minimum absolute atomic E-state index is 0.161. The molecule has 4 heteroatoms. The van der Waals surface area contributed by atoms with Gasteiger partial charge in [-0.15, -0.1) is 0 Å². The summed E-state index contributed by atoms with van der Waals surface area (Å²) in [6, 6.07) is 0.361. The SMILES string of the molecule is CCC1N(C(=O)OC)CCC12CCNC2. The van der Waals surface area contributed by atoms with Crippen LogP contribution in [0.1, 0.15) is 26.2 Å². The van der Waals surface area contributed by atoms with Gasteiger partial charge < -0.3 is 15.0 Å². The van der Waals surface area contributed by atoms with Crippen LogP contribution in [0.15, 0.2) is 0 Å². The van der Waals surface area contributed by atoms with Crippen molar-refractivity contribution in [3.05, 3.63) is 0 Å². The number of nitrogens with one attached hydrogen (secondary N) is 1. The summed E-state index contributed by atoms with van der Waals surface area (Å²) >= 11 is 0. The van der Waals surface area contributed by atoms with Crippen LogP contribution in [0.2, 0.25) is 0 Å². The molecule has 0 aliphatic carbocycles. The highest BCUT2D eigenvalue weighted by Crippen LogP contribution is 2.43. The van der Waals surface area contributed by atoms with Crippen molar-refractivity contribution < 1.29 is 9.53 Å². The van der Waals surface area contributed by atoms with Gasteiger partial charge >= 0.3 is 6.09 Å². The summed E-state index contributed by atoms with van der Waals surface area (Å²) in [5.74, 6) is 0. The molecule has 2 rings (SSSR count). The largest absolute Gasteiger partial charge is 0.453 e. The Kier molecular flexibility index (Phi) is 2.87. The Hall–Kier alpha value is -0.770. The van der Waals surface area contributed by atoms with Crippen LogP contribution in [0, 0.1) is 5.41 Å². The molecular weight excluding hydrogens is 192 g/mol. The van der Waals surface area contributed by atoms with E-state index in [1.54, 1.807) is 0 Å². The van der Waals surface area contributed by atoms with E-state index in [1.807, 2.05) is 4.90 Å². The lowest BCUT2D eigenvalue weighted by molar-refractivity contribution is 0.101. The zero-order valence-electron chi connectivity index (χ0n) is 9.58. The number of methoxy groups -OCH3 is 1. The standard InChI is InChI=1S/C11H20N2O2/c1-3-9-11(4-6-12-8-11)5-7-13(9)10(14)15-2/h9,12H,3-8H2,1-2H3. The highest BCUT2D eigenvalue weighted by atomic mass is 16.5. The Morgan fingerprint density at radius 3 is 2.93 bits per heavy atom. The lowest BCUT2D eigenvalue weighted by Gasteiger charge is -2.33. The van der Waals surface area contributed by atoms with Gasteiger partial charge in [0.25, 0.3) is 0 Å². The highest BCUT2D eigenvalue weighted by molar-refractivity contribution is 5.68. The van der Waals surface area contributed by atoms with E-state index in [-0.39, 0.29) is 6.09 Å². The quantitative estimate of drug-likeness (QED) is 0.710. The third kappa shape index (κ3) is 1.61. The number of hydrogen-bond donors (Lipinski definition) is 1. The third-order valence-electron chi connectivity index (χ3n) is 4.01. The summed E-state index contributed by atoms with van der Waals surface area (Å²) < 4.78 is 4.84. The van der Waals surface area contributed by atoms with Crippen LogP contribution in [0.4, 0.5) is 4.79 Å². The Morgan fingerprint density at radius 2 is 2.40 bits per heavy atom. The Morgan fingerprint density at radius 1 is 1.60 bits per heavy atom. The fourth-order valence-electron chi connectivity index (χ4n) is 3.25. The lowest BCUT2D eigenvalue weighted by atomic mass is 9.78. The number of carbonyl (C=O) groups excluding carboxylic acids is 1. The van der Waals surface area contributed by atoms with Gasteiger partial charge in [0.1, 0.15) is 0 Å². The maximum atomic E-state index is 11.6. The third-order valence-corrected chi connectivity index (χ3v) is 4.01. The summed E-state index contributed by atoms with van der Waals surface area (Å²) in [4.78, 5) is 13.5. The van der Waals surface area contributed by atoms with E-state index in [4.69, 9.17) is 4.74 Å². The topological polar surface area (TPSA) is 41.6 Å². The summed E-state index contributed by atoms with van der Waals surface area (Å²) in [7, 11) is 1.47. The number of hydrogen-bond acceptors (Lipinski definition) is 3. The van der Waals surface area contributed by atoms with Crippen molar-refractivity contribution in [2.75, 3.05) is 26.7 Å². The highest BCUT2D eigenvalue weighted by Gasteiger charge is 2.49. The molecule has 1 spiro atoms. The Bertz CT molecular complexity index is 249. The van der Waals surface area contributed by atoms with Crippen molar-refractivity contribution in [2.24, 2.45) is 5.41 Å². The molecule has 2 aliphatic heterocycles. The molecule has 15 heavy (non-hydrogen) atoms. The normalized spacial score (nSPS) is 35.1. The van der Waals surface area contributed by atoms with E-state index in [9.17, 15) is 4.79 Å². The predicted octanol–water partition coefficient (Wildman–Crippen LogP) is 1.22. The molecule has 1 amide bonds. The maximum absolute atomic E-state index is 11.6. The van der Waals surface area contributed by atoms with E-state index in [0.717, 1.165) is 32.5 Å². The maximum Gasteiger partial charge on any atom is 0.409 e. The molecule has 0 aromatic heterocycles. The van der Waals surface area contributed by atoms with Gasteiger partial charge in [-0.05, 0) is 25.8 Å². The number of nitrogens with zero attached hydrogens (tertiary/aromatic N) is 1. The first kappa shape index (κ1) is 10.7. The van der Waals surface area contributed by atoms with Gasteiger partial charge in [0.05, 0.1) is 7.11 Å². The molecule has 0 bridgehead atoms. The molecule has 1 N–H and O–H groups in total. The first-order valence-corrected chi connectivity index (χ1v) is 5.79. The van der Waals surface area contributed by atoms with Crippen molar-refractivity contribution in [1.82, 2.24) is 10.2 Å². The van der Waals surface area contributed by atoms with Gasteiger partial charge in [0.15, 0.2) is 0 Å². The van der Waals surface area contributed by atoms with Crippen LogP contribution in [0.25, 0.3) is 0 Å². The van der Waals surface area contributed by atoms with Crippen molar-refractivity contribution >= 4 is 6.09 Å². The van der Waals surface area contributed by atoms with Crippen LogP contribution < -0.4 is 5.32 Å². The number of rotatable bonds is 1. The van der Waals surface area contributed by atoms with Crippen LogP contribution in [0.5, 0.6) is 0 Å².